The molecule has 0 rings (SSSR count). The lowest BCUT2D eigenvalue weighted by Crippen LogP contribution is -2.45. The standard InChI is InChI=1S/C62H117N2O6P/c1-6-8-10-12-14-16-18-20-22-24-25-26-27-28-29-30-31-32-33-34-35-36-37-38-39-40-42-44-46-48-50-52-54-56-62(66)63-60(59-70-71(67,68)69-58-57-64(3,4)5)61(65)55-53-51-49-47-45-43-41-23-21-19-17-15-13-11-9-7-2/h8,10,14,16,20,22,25-26,53,55,60-61,65H,6-7,9,11-13,15,17-19,21,23-24,27-52,54,56-59H2,1-5H3,(H-,63,66,67,68)/p+1/b10-8-,16-14-,22-20-,26-25-,55-53+. The zero-order valence-electron chi connectivity index (χ0n) is 47.5. The lowest BCUT2D eigenvalue weighted by Gasteiger charge is -2.25. The maximum absolute atomic E-state index is 13.0. The van der Waals surface area contributed by atoms with Crippen LogP contribution < -0.4 is 5.32 Å². The van der Waals surface area contributed by atoms with E-state index in [-0.39, 0.29) is 19.1 Å². The molecule has 0 saturated heterocycles. The number of nitrogens with zero attached hydrogens (tertiary/aromatic N) is 1. The number of carbonyl (C=O) groups is 1. The lowest BCUT2D eigenvalue weighted by molar-refractivity contribution is -0.870. The summed E-state index contributed by atoms with van der Waals surface area (Å²) in [7, 11) is 1.58. The summed E-state index contributed by atoms with van der Waals surface area (Å²) in [5, 5.41) is 13.9. The van der Waals surface area contributed by atoms with Crippen LogP contribution in [0.15, 0.2) is 60.8 Å². The Morgan fingerprint density at radius 1 is 0.493 bits per heavy atom. The van der Waals surface area contributed by atoms with E-state index in [0.29, 0.717) is 17.4 Å². The quantitative estimate of drug-likeness (QED) is 0.0243. The van der Waals surface area contributed by atoms with Gasteiger partial charge in [0.1, 0.15) is 13.2 Å². The highest BCUT2D eigenvalue weighted by Crippen LogP contribution is 2.43. The van der Waals surface area contributed by atoms with E-state index in [2.05, 4.69) is 67.8 Å². The molecule has 0 fully saturated rings. The minimum Gasteiger partial charge on any atom is -0.387 e. The molecule has 8 nitrogen and oxygen atoms in total. The van der Waals surface area contributed by atoms with E-state index in [0.717, 1.165) is 64.2 Å². The first-order valence-electron chi connectivity index (χ1n) is 30.2. The zero-order valence-corrected chi connectivity index (χ0v) is 48.4. The number of amides is 1. The minimum absolute atomic E-state index is 0.0620. The van der Waals surface area contributed by atoms with E-state index in [1.165, 1.54) is 193 Å². The molecular formula is C62H118N2O6P+. The number of hydrogen-bond acceptors (Lipinski definition) is 5. The fourth-order valence-corrected chi connectivity index (χ4v) is 9.54. The van der Waals surface area contributed by atoms with Crippen LogP contribution in [0.1, 0.15) is 277 Å². The molecule has 0 spiro atoms. The fraction of sp³-hybridized carbons (Fsp3) is 0.823. The van der Waals surface area contributed by atoms with Crippen molar-refractivity contribution in [2.75, 3.05) is 40.9 Å². The molecule has 3 unspecified atom stereocenters. The van der Waals surface area contributed by atoms with E-state index in [9.17, 15) is 19.4 Å². The number of aliphatic hydroxyl groups is 1. The molecule has 0 aromatic carbocycles. The molecule has 0 saturated carbocycles. The third kappa shape index (κ3) is 55.8. The first kappa shape index (κ1) is 69.2. The van der Waals surface area contributed by atoms with Gasteiger partial charge in [0.05, 0.1) is 39.9 Å². The topological polar surface area (TPSA) is 105 Å². The van der Waals surface area contributed by atoms with Crippen LogP contribution in [0.3, 0.4) is 0 Å². The molecule has 0 aliphatic carbocycles. The molecule has 416 valence electrons. The Morgan fingerprint density at radius 2 is 0.845 bits per heavy atom. The number of likely N-dealkylation sites (N-methyl/N-ethyl adjacent to an activating group) is 1. The van der Waals surface area contributed by atoms with Crippen LogP contribution in [0.4, 0.5) is 0 Å². The second kappa shape index (κ2) is 53.0. The molecule has 71 heavy (non-hydrogen) atoms. The van der Waals surface area contributed by atoms with Crippen molar-refractivity contribution in [3.8, 4) is 0 Å². The van der Waals surface area contributed by atoms with E-state index in [1.807, 2.05) is 27.2 Å². The van der Waals surface area contributed by atoms with Gasteiger partial charge in [-0.2, -0.15) is 0 Å². The number of rotatable bonds is 55. The summed E-state index contributed by atoms with van der Waals surface area (Å²) in [6, 6.07) is -0.846. The molecule has 9 heteroatoms. The van der Waals surface area contributed by atoms with Crippen LogP contribution in [-0.4, -0.2) is 73.4 Å². The number of phosphoric acid groups is 1. The van der Waals surface area contributed by atoms with Gasteiger partial charge in [0.15, 0.2) is 0 Å². The largest absolute Gasteiger partial charge is 0.472 e. The predicted octanol–water partition coefficient (Wildman–Crippen LogP) is 18.5. The Labute approximate surface area is 441 Å². The van der Waals surface area contributed by atoms with Gasteiger partial charge in [-0.3, -0.25) is 13.8 Å². The maximum atomic E-state index is 13.0. The van der Waals surface area contributed by atoms with Crippen molar-refractivity contribution < 1.29 is 32.9 Å². The number of aliphatic hydroxyl groups excluding tert-OH is 1. The molecule has 0 radical (unpaired) electrons. The molecule has 0 aromatic rings. The van der Waals surface area contributed by atoms with Gasteiger partial charge in [-0.25, -0.2) is 4.57 Å². The van der Waals surface area contributed by atoms with Crippen molar-refractivity contribution in [1.82, 2.24) is 5.32 Å². The first-order valence-corrected chi connectivity index (χ1v) is 31.7. The van der Waals surface area contributed by atoms with Gasteiger partial charge < -0.3 is 19.8 Å². The Bertz CT molecular complexity index is 1340. The monoisotopic (exact) mass is 1020 g/mol. The molecule has 1 amide bonds. The average Bonchev–Trinajstić information content (AvgIpc) is 3.33. The van der Waals surface area contributed by atoms with Crippen molar-refractivity contribution in [3.05, 3.63) is 60.8 Å². The highest BCUT2D eigenvalue weighted by molar-refractivity contribution is 7.47. The van der Waals surface area contributed by atoms with Crippen LogP contribution in [0.2, 0.25) is 0 Å². The Morgan fingerprint density at radius 3 is 1.24 bits per heavy atom. The molecule has 3 atom stereocenters. The zero-order chi connectivity index (χ0) is 52.0. The number of allylic oxidation sites excluding steroid dienone is 9. The summed E-state index contributed by atoms with van der Waals surface area (Å²) in [5.41, 5.74) is 0. The molecule has 0 bridgehead atoms. The second-order valence-electron chi connectivity index (χ2n) is 21.7. The second-order valence-corrected chi connectivity index (χ2v) is 23.2. The first-order chi connectivity index (χ1) is 34.5. The predicted molar refractivity (Wildman–Crippen MR) is 309 cm³/mol. The molecule has 0 aliphatic rings. The van der Waals surface area contributed by atoms with Crippen molar-refractivity contribution in [3.63, 3.8) is 0 Å². The molecular weight excluding hydrogens is 900 g/mol. The van der Waals surface area contributed by atoms with Crippen molar-refractivity contribution >= 4 is 13.7 Å². The molecule has 0 aromatic heterocycles. The van der Waals surface area contributed by atoms with Gasteiger partial charge in [-0.05, 0) is 57.8 Å². The molecule has 0 aliphatic heterocycles. The Balaban J connectivity index is 4.04. The SMILES string of the molecule is CC/C=C\C/C=C\C/C=C\C/C=C\CCCCCCCCCCCCCCCCCCCCCCC(=O)NC(COP(=O)(O)OCC[N+](C)(C)C)C(O)/C=C/CCCCCCCCCCCCCCCC. The summed E-state index contributed by atoms with van der Waals surface area (Å²) in [5.74, 6) is -0.174. The Hall–Kier alpha value is -1.80. The van der Waals surface area contributed by atoms with Crippen LogP contribution in [-0.2, 0) is 18.4 Å². The normalized spacial score (nSPS) is 14.3. The summed E-state index contributed by atoms with van der Waals surface area (Å²) in [4.78, 5) is 23.3. The summed E-state index contributed by atoms with van der Waals surface area (Å²) in [6.07, 6.45) is 71.9. The molecule has 3 N–H and O–H groups in total. The smallest absolute Gasteiger partial charge is 0.387 e. The van der Waals surface area contributed by atoms with Gasteiger partial charge in [0, 0.05) is 6.42 Å². The summed E-state index contributed by atoms with van der Waals surface area (Å²) < 4.78 is 23.7. The lowest BCUT2D eigenvalue weighted by atomic mass is 10.0. The van der Waals surface area contributed by atoms with Gasteiger partial charge >= 0.3 is 7.82 Å². The van der Waals surface area contributed by atoms with E-state index in [1.54, 1.807) is 6.08 Å². The number of nitrogens with one attached hydrogen (secondary N) is 1. The number of phosphoric ester groups is 1. The van der Waals surface area contributed by atoms with Crippen LogP contribution in [0.25, 0.3) is 0 Å². The minimum atomic E-state index is -4.35. The van der Waals surface area contributed by atoms with Crippen molar-refractivity contribution in [1.29, 1.82) is 0 Å². The van der Waals surface area contributed by atoms with Gasteiger partial charge in [-0.1, -0.05) is 274 Å². The number of carbonyl (C=O) groups excluding carboxylic acids is 1. The van der Waals surface area contributed by atoms with E-state index < -0.39 is 20.0 Å². The van der Waals surface area contributed by atoms with Crippen LogP contribution >= 0.6 is 7.82 Å². The van der Waals surface area contributed by atoms with Crippen molar-refractivity contribution in [2.45, 2.75) is 289 Å². The highest BCUT2D eigenvalue weighted by Gasteiger charge is 2.27. The summed E-state index contributed by atoms with van der Waals surface area (Å²) in [6.45, 7) is 4.73. The van der Waals surface area contributed by atoms with Crippen LogP contribution in [0, 0.1) is 0 Å². The van der Waals surface area contributed by atoms with Crippen molar-refractivity contribution in [2.24, 2.45) is 0 Å². The number of quaternary nitrogens is 1. The van der Waals surface area contributed by atoms with Crippen LogP contribution in [0.5, 0.6) is 0 Å². The van der Waals surface area contributed by atoms with Gasteiger partial charge in [0.2, 0.25) is 5.91 Å². The van der Waals surface area contributed by atoms with Gasteiger partial charge in [0.25, 0.3) is 0 Å². The average molecular weight is 1020 g/mol. The van der Waals surface area contributed by atoms with E-state index >= 15 is 0 Å². The van der Waals surface area contributed by atoms with E-state index in [4.69, 9.17) is 9.05 Å². The third-order valence-corrected chi connectivity index (χ3v) is 14.5. The maximum Gasteiger partial charge on any atom is 0.472 e. The summed E-state index contributed by atoms with van der Waals surface area (Å²) >= 11 is 0. The molecule has 0 heterocycles. The number of hydrogen-bond donors (Lipinski definition) is 3. The number of unbranched alkanes of at least 4 members (excludes halogenated alkanes) is 34. The van der Waals surface area contributed by atoms with Gasteiger partial charge in [-0.15, -0.1) is 0 Å². The highest BCUT2D eigenvalue weighted by atomic mass is 31.2. The Kier molecular flexibility index (Phi) is 51.7. The third-order valence-electron chi connectivity index (χ3n) is 13.5. The fourth-order valence-electron chi connectivity index (χ4n) is 8.80.